The van der Waals surface area contributed by atoms with E-state index < -0.39 is 6.10 Å². The highest BCUT2D eigenvalue weighted by Crippen LogP contribution is 2.22. The molecule has 0 unspecified atom stereocenters. The zero-order valence-corrected chi connectivity index (χ0v) is 7.44. The van der Waals surface area contributed by atoms with Crippen LogP contribution in [0.3, 0.4) is 0 Å². The van der Waals surface area contributed by atoms with E-state index in [0.717, 1.165) is 16.3 Å². The first-order valence-corrected chi connectivity index (χ1v) is 4.30. The van der Waals surface area contributed by atoms with Gasteiger partial charge in [-0.1, -0.05) is 18.2 Å². The molecule has 0 aliphatic heterocycles. The lowest BCUT2D eigenvalue weighted by Crippen LogP contribution is -1.92. The summed E-state index contributed by atoms with van der Waals surface area (Å²) in [6.07, 6.45) is 3.11. The van der Waals surface area contributed by atoms with Crippen molar-refractivity contribution >= 4 is 10.8 Å². The first-order chi connectivity index (χ1) is 6.29. The van der Waals surface area contributed by atoms with Gasteiger partial charge in [0.05, 0.1) is 6.10 Å². The fourth-order valence-corrected chi connectivity index (χ4v) is 1.50. The van der Waals surface area contributed by atoms with Crippen LogP contribution in [0.4, 0.5) is 0 Å². The number of fused-ring (bicyclic) bond motifs is 1. The predicted octanol–water partition coefficient (Wildman–Crippen LogP) is 2.29. The van der Waals surface area contributed by atoms with E-state index >= 15 is 0 Å². The fraction of sp³-hybridized carbons (Fsp3) is 0.182. The summed E-state index contributed by atoms with van der Waals surface area (Å²) < 4.78 is 0. The van der Waals surface area contributed by atoms with E-state index in [-0.39, 0.29) is 0 Å². The van der Waals surface area contributed by atoms with E-state index in [4.69, 9.17) is 0 Å². The maximum atomic E-state index is 9.49. The average Bonchev–Trinajstić information content (AvgIpc) is 2.17. The second-order valence-corrected chi connectivity index (χ2v) is 3.12. The van der Waals surface area contributed by atoms with Crippen molar-refractivity contribution in [3.63, 3.8) is 0 Å². The molecule has 1 N–H and O–H groups in total. The first-order valence-electron chi connectivity index (χ1n) is 4.30. The molecular weight excluding hydrogens is 162 g/mol. The van der Waals surface area contributed by atoms with E-state index in [0.29, 0.717) is 0 Å². The number of aromatic nitrogens is 1. The summed E-state index contributed by atoms with van der Waals surface area (Å²) in [4.78, 5) is 4.04. The smallest absolute Gasteiger partial charge is 0.0768 e. The number of aliphatic hydroxyl groups is 1. The van der Waals surface area contributed by atoms with Crippen LogP contribution in [-0.4, -0.2) is 10.1 Å². The van der Waals surface area contributed by atoms with Gasteiger partial charge in [0.15, 0.2) is 0 Å². The van der Waals surface area contributed by atoms with E-state index in [9.17, 15) is 5.11 Å². The summed E-state index contributed by atoms with van der Waals surface area (Å²) in [6.45, 7) is 1.77. The molecule has 0 saturated carbocycles. The molecule has 1 aromatic heterocycles. The highest BCUT2D eigenvalue weighted by Gasteiger charge is 2.04. The Hall–Kier alpha value is -1.41. The van der Waals surface area contributed by atoms with Gasteiger partial charge >= 0.3 is 0 Å². The van der Waals surface area contributed by atoms with Crippen LogP contribution in [0.2, 0.25) is 0 Å². The second-order valence-electron chi connectivity index (χ2n) is 3.12. The minimum atomic E-state index is -0.437. The molecule has 1 atom stereocenters. The monoisotopic (exact) mass is 173 g/mol. The molecule has 13 heavy (non-hydrogen) atoms. The molecule has 0 aliphatic rings. The van der Waals surface area contributed by atoms with Gasteiger partial charge in [-0.05, 0) is 23.9 Å². The van der Waals surface area contributed by atoms with Crippen molar-refractivity contribution < 1.29 is 5.11 Å². The molecule has 0 spiro atoms. The Morgan fingerprint density at radius 1 is 1.31 bits per heavy atom. The zero-order valence-electron chi connectivity index (χ0n) is 7.44. The van der Waals surface area contributed by atoms with E-state index in [2.05, 4.69) is 4.98 Å². The first kappa shape index (κ1) is 8.20. The van der Waals surface area contributed by atoms with Crippen molar-refractivity contribution in [3.05, 3.63) is 42.2 Å². The van der Waals surface area contributed by atoms with Crippen LogP contribution < -0.4 is 0 Å². The highest BCUT2D eigenvalue weighted by molar-refractivity contribution is 5.84. The molecular formula is C11H11NO. The molecule has 0 fully saturated rings. The molecule has 2 rings (SSSR count). The third-order valence-corrected chi connectivity index (χ3v) is 2.17. The molecule has 2 heteroatoms. The minimum absolute atomic E-state index is 0.437. The lowest BCUT2D eigenvalue weighted by molar-refractivity contribution is 0.201. The summed E-state index contributed by atoms with van der Waals surface area (Å²) in [6, 6.07) is 7.84. The van der Waals surface area contributed by atoms with Crippen molar-refractivity contribution in [1.29, 1.82) is 0 Å². The van der Waals surface area contributed by atoms with Crippen LogP contribution >= 0.6 is 0 Å². The molecule has 1 aromatic carbocycles. The summed E-state index contributed by atoms with van der Waals surface area (Å²) in [5, 5.41) is 11.6. The molecule has 1 heterocycles. The molecule has 0 aliphatic carbocycles. The third kappa shape index (κ3) is 1.40. The molecule has 0 radical (unpaired) electrons. The van der Waals surface area contributed by atoms with E-state index in [1.165, 1.54) is 0 Å². The van der Waals surface area contributed by atoms with Crippen molar-refractivity contribution in [2.24, 2.45) is 0 Å². The van der Waals surface area contributed by atoms with Crippen LogP contribution in [0.15, 0.2) is 36.7 Å². The van der Waals surface area contributed by atoms with Crippen LogP contribution in [0.1, 0.15) is 18.6 Å². The van der Waals surface area contributed by atoms with Crippen LogP contribution in [-0.2, 0) is 0 Å². The number of rotatable bonds is 1. The Morgan fingerprint density at radius 2 is 2.15 bits per heavy atom. The number of hydrogen-bond donors (Lipinski definition) is 1. The lowest BCUT2D eigenvalue weighted by atomic mass is 10.0. The van der Waals surface area contributed by atoms with E-state index in [1.807, 2.05) is 24.3 Å². The molecule has 0 amide bonds. The Balaban J connectivity index is 2.76. The number of hydrogen-bond acceptors (Lipinski definition) is 2. The largest absolute Gasteiger partial charge is 0.389 e. The Labute approximate surface area is 76.9 Å². The number of nitrogens with zero attached hydrogens (tertiary/aromatic N) is 1. The standard InChI is InChI=1S/C11H11NO/c1-8(13)10-4-2-3-9-5-6-12-7-11(9)10/h2-8,13H,1H3/t8-/m1/s1. The van der Waals surface area contributed by atoms with Crippen LogP contribution in [0.25, 0.3) is 10.8 Å². The molecule has 0 bridgehead atoms. The maximum Gasteiger partial charge on any atom is 0.0768 e. The average molecular weight is 173 g/mol. The number of aliphatic hydroxyl groups excluding tert-OH is 1. The molecule has 66 valence electrons. The van der Waals surface area contributed by atoms with Gasteiger partial charge in [0.25, 0.3) is 0 Å². The van der Waals surface area contributed by atoms with Gasteiger partial charge in [-0.15, -0.1) is 0 Å². The fourth-order valence-electron chi connectivity index (χ4n) is 1.50. The maximum absolute atomic E-state index is 9.49. The van der Waals surface area contributed by atoms with Crippen molar-refractivity contribution in [3.8, 4) is 0 Å². The lowest BCUT2D eigenvalue weighted by Gasteiger charge is -2.07. The molecule has 2 nitrogen and oxygen atoms in total. The summed E-state index contributed by atoms with van der Waals surface area (Å²) in [5.41, 5.74) is 0.936. The van der Waals surface area contributed by atoms with Gasteiger partial charge < -0.3 is 5.11 Å². The van der Waals surface area contributed by atoms with Gasteiger partial charge in [0.1, 0.15) is 0 Å². The predicted molar refractivity (Wildman–Crippen MR) is 52.4 cm³/mol. The number of benzene rings is 1. The quantitative estimate of drug-likeness (QED) is 0.717. The van der Waals surface area contributed by atoms with Crippen molar-refractivity contribution in [2.75, 3.05) is 0 Å². The van der Waals surface area contributed by atoms with Gasteiger partial charge in [0, 0.05) is 17.8 Å². The Morgan fingerprint density at radius 3 is 2.92 bits per heavy atom. The summed E-state index contributed by atoms with van der Waals surface area (Å²) in [5.74, 6) is 0. The van der Waals surface area contributed by atoms with Crippen LogP contribution in [0.5, 0.6) is 0 Å². The third-order valence-electron chi connectivity index (χ3n) is 2.17. The van der Waals surface area contributed by atoms with Gasteiger partial charge in [-0.25, -0.2) is 0 Å². The Bertz CT molecular complexity index is 418. The molecule has 0 saturated heterocycles. The van der Waals surface area contributed by atoms with Crippen molar-refractivity contribution in [1.82, 2.24) is 4.98 Å². The summed E-state index contributed by atoms with van der Waals surface area (Å²) >= 11 is 0. The topological polar surface area (TPSA) is 33.1 Å². The van der Waals surface area contributed by atoms with Crippen molar-refractivity contribution in [2.45, 2.75) is 13.0 Å². The highest BCUT2D eigenvalue weighted by atomic mass is 16.3. The second kappa shape index (κ2) is 3.15. The minimum Gasteiger partial charge on any atom is -0.389 e. The number of pyridine rings is 1. The molecule has 2 aromatic rings. The summed E-state index contributed by atoms with van der Waals surface area (Å²) in [7, 11) is 0. The zero-order chi connectivity index (χ0) is 9.26. The SMILES string of the molecule is C[C@@H](O)c1cccc2ccncc12. The van der Waals surface area contributed by atoms with E-state index in [1.54, 1.807) is 19.3 Å². The van der Waals surface area contributed by atoms with Gasteiger partial charge in [0.2, 0.25) is 0 Å². The van der Waals surface area contributed by atoms with Gasteiger partial charge in [-0.2, -0.15) is 0 Å². The normalized spacial score (nSPS) is 13.1. The Kier molecular flexibility index (Phi) is 1.99. The van der Waals surface area contributed by atoms with Gasteiger partial charge in [-0.3, -0.25) is 4.98 Å². The van der Waals surface area contributed by atoms with Crippen LogP contribution in [0, 0.1) is 0 Å².